The molecule has 4 saturated carbocycles. The van der Waals surface area contributed by atoms with E-state index in [1.54, 1.807) is 0 Å². The van der Waals surface area contributed by atoms with E-state index in [1.807, 2.05) is 0 Å². The van der Waals surface area contributed by atoms with Crippen molar-refractivity contribution in [2.75, 3.05) is 13.1 Å². The topological polar surface area (TPSA) is 41.1 Å². The number of rotatable bonds is 3. The summed E-state index contributed by atoms with van der Waals surface area (Å²) in [6.07, 6.45) is 8.98. The molecule has 5 aliphatic rings. The smallest absolute Gasteiger partial charge is 0.220 e. The van der Waals surface area contributed by atoms with Crippen molar-refractivity contribution in [1.82, 2.24) is 10.6 Å². The van der Waals surface area contributed by atoms with Crippen LogP contribution >= 0.6 is 12.4 Å². The third-order valence-corrected chi connectivity index (χ3v) is 6.19. The third kappa shape index (κ3) is 2.71. The van der Waals surface area contributed by atoms with E-state index in [-0.39, 0.29) is 12.4 Å². The zero-order valence-electron chi connectivity index (χ0n) is 12.1. The van der Waals surface area contributed by atoms with Crippen LogP contribution in [0.25, 0.3) is 0 Å². The summed E-state index contributed by atoms with van der Waals surface area (Å²) < 4.78 is 0. The first-order valence-electron chi connectivity index (χ1n) is 8.28. The summed E-state index contributed by atoms with van der Waals surface area (Å²) in [5.74, 6) is 4.51. The zero-order chi connectivity index (χ0) is 12.8. The Balaban J connectivity index is 0.00000121. The number of hydrogen-bond donors (Lipinski definition) is 2. The first-order valence-corrected chi connectivity index (χ1v) is 8.28. The second-order valence-corrected chi connectivity index (χ2v) is 7.59. The second-order valence-electron chi connectivity index (χ2n) is 7.59. The molecule has 4 heteroatoms. The Bertz CT molecular complexity index is 339. The van der Waals surface area contributed by atoms with Crippen LogP contribution in [0.2, 0.25) is 0 Å². The van der Waals surface area contributed by atoms with Crippen molar-refractivity contribution < 1.29 is 4.79 Å². The lowest BCUT2D eigenvalue weighted by molar-refractivity contribution is -0.125. The highest BCUT2D eigenvalue weighted by Crippen LogP contribution is 2.53. The fraction of sp³-hybridized carbons (Fsp3) is 0.938. The molecule has 3 nitrogen and oxygen atoms in total. The van der Waals surface area contributed by atoms with Crippen LogP contribution in [0.15, 0.2) is 0 Å². The maximum absolute atomic E-state index is 12.3. The van der Waals surface area contributed by atoms with Crippen LogP contribution in [0, 0.1) is 29.6 Å². The Morgan fingerprint density at radius 3 is 2.25 bits per heavy atom. The van der Waals surface area contributed by atoms with Crippen LogP contribution in [0.1, 0.15) is 44.9 Å². The van der Waals surface area contributed by atoms with Gasteiger partial charge in [-0.3, -0.25) is 4.79 Å². The number of nitrogens with one attached hydrogen (secondary N) is 2. The van der Waals surface area contributed by atoms with Crippen LogP contribution < -0.4 is 10.6 Å². The highest BCUT2D eigenvalue weighted by Gasteiger charge is 2.48. The molecular weight excluding hydrogens is 272 g/mol. The maximum Gasteiger partial charge on any atom is 0.220 e. The summed E-state index contributed by atoms with van der Waals surface area (Å²) in [6.45, 7) is 2.13. The molecular formula is C16H27ClN2O. The molecule has 4 aliphatic carbocycles. The van der Waals surface area contributed by atoms with Gasteiger partial charge in [-0.25, -0.2) is 0 Å². The van der Waals surface area contributed by atoms with Crippen molar-refractivity contribution in [1.29, 1.82) is 0 Å². The second kappa shape index (κ2) is 5.84. The Kier molecular flexibility index (Phi) is 4.28. The van der Waals surface area contributed by atoms with Gasteiger partial charge < -0.3 is 10.6 Å². The molecule has 1 heterocycles. The van der Waals surface area contributed by atoms with Gasteiger partial charge in [-0.2, -0.15) is 0 Å². The lowest BCUT2D eigenvalue weighted by Crippen LogP contribution is -2.56. The van der Waals surface area contributed by atoms with Crippen LogP contribution in [-0.2, 0) is 4.79 Å². The van der Waals surface area contributed by atoms with E-state index in [4.69, 9.17) is 0 Å². The highest BCUT2D eigenvalue weighted by molar-refractivity contribution is 5.85. The van der Waals surface area contributed by atoms with Crippen molar-refractivity contribution in [3.63, 3.8) is 0 Å². The van der Waals surface area contributed by atoms with Crippen LogP contribution in [0.4, 0.5) is 0 Å². The van der Waals surface area contributed by atoms with Gasteiger partial charge in [0.25, 0.3) is 0 Å². The highest BCUT2D eigenvalue weighted by atomic mass is 35.5. The monoisotopic (exact) mass is 298 g/mol. The van der Waals surface area contributed by atoms with Crippen molar-refractivity contribution in [3.05, 3.63) is 0 Å². The van der Waals surface area contributed by atoms with Gasteiger partial charge in [0.05, 0.1) is 0 Å². The standard InChI is InChI=1S/C16H26N2O.ClH/c19-15(8-10-1-2-17-9-10)18-16-13-4-11-3-12(6-13)7-14(16)5-11;/h10-14,16-17H,1-9H2,(H,18,19);1H. The minimum absolute atomic E-state index is 0. The maximum atomic E-state index is 12.3. The van der Waals surface area contributed by atoms with E-state index in [2.05, 4.69) is 10.6 Å². The molecule has 1 saturated heterocycles. The van der Waals surface area contributed by atoms with Gasteiger partial charge in [0.2, 0.25) is 5.91 Å². The van der Waals surface area contributed by atoms with Gasteiger partial charge in [-0.1, -0.05) is 0 Å². The summed E-state index contributed by atoms with van der Waals surface area (Å²) in [4.78, 5) is 12.3. The van der Waals surface area contributed by atoms with E-state index in [0.29, 0.717) is 17.9 Å². The van der Waals surface area contributed by atoms with Gasteiger partial charge in [0.1, 0.15) is 0 Å². The fourth-order valence-electron chi connectivity index (χ4n) is 5.56. The molecule has 1 aliphatic heterocycles. The number of hydrogen-bond acceptors (Lipinski definition) is 2. The SMILES string of the molecule is Cl.O=C(CC1CCNC1)NC1C2CC3CC(C2)CC1C3. The predicted molar refractivity (Wildman–Crippen MR) is 81.8 cm³/mol. The van der Waals surface area contributed by atoms with Gasteiger partial charge >= 0.3 is 0 Å². The van der Waals surface area contributed by atoms with Crippen LogP contribution in [-0.4, -0.2) is 25.0 Å². The average molecular weight is 299 g/mol. The number of carbonyl (C=O) groups excluding carboxylic acids is 1. The lowest BCUT2D eigenvalue weighted by Gasteiger charge is -2.54. The van der Waals surface area contributed by atoms with Crippen molar-refractivity contribution >= 4 is 18.3 Å². The van der Waals surface area contributed by atoms with Gasteiger partial charge in [0.15, 0.2) is 0 Å². The Morgan fingerprint density at radius 1 is 1.05 bits per heavy atom. The van der Waals surface area contributed by atoms with E-state index in [1.165, 1.54) is 38.5 Å². The number of halogens is 1. The molecule has 0 aromatic heterocycles. The molecule has 1 atom stereocenters. The van der Waals surface area contributed by atoms with Gasteiger partial charge in [-0.15, -0.1) is 12.4 Å². The molecule has 0 aromatic rings. The Hall–Kier alpha value is -0.280. The van der Waals surface area contributed by atoms with Crippen LogP contribution in [0.3, 0.4) is 0 Å². The number of carbonyl (C=O) groups is 1. The largest absolute Gasteiger partial charge is 0.353 e. The minimum Gasteiger partial charge on any atom is -0.353 e. The van der Waals surface area contributed by atoms with E-state index in [9.17, 15) is 4.79 Å². The van der Waals surface area contributed by atoms with E-state index >= 15 is 0 Å². The summed E-state index contributed by atoms with van der Waals surface area (Å²) in [7, 11) is 0. The normalized spacial score (nSPS) is 45.2. The van der Waals surface area contributed by atoms with Crippen molar-refractivity contribution in [3.8, 4) is 0 Å². The Morgan fingerprint density at radius 2 is 1.70 bits per heavy atom. The van der Waals surface area contributed by atoms with Gasteiger partial charge in [0, 0.05) is 12.5 Å². The molecule has 114 valence electrons. The summed E-state index contributed by atoms with van der Waals surface area (Å²) in [5, 5.41) is 6.77. The fourth-order valence-corrected chi connectivity index (χ4v) is 5.56. The molecule has 2 N–H and O–H groups in total. The predicted octanol–water partition coefficient (Wildman–Crippen LogP) is 2.35. The van der Waals surface area contributed by atoms with Crippen molar-refractivity contribution in [2.24, 2.45) is 29.6 Å². The molecule has 4 bridgehead atoms. The Labute approximate surface area is 128 Å². The molecule has 0 spiro atoms. The number of amides is 1. The molecule has 0 radical (unpaired) electrons. The van der Waals surface area contributed by atoms with E-state index < -0.39 is 0 Å². The average Bonchev–Trinajstić information content (AvgIpc) is 2.85. The molecule has 5 fully saturated rings. The first-order chi connectivity index (χ1) is 9.28. The lowest BCUT2D eigenvalue weighted by atomic mass is 9.54. The molecule has 0 aromatic carbocycles. The zero-order valence-corrected chi connectivity index (χ0v) is 13.0. The minimum atomic E-state index is 0. The molecule has 5 rings (SSSR count). The molecule has 1 unspecified atom stereocenters. The molecule has 20 heavy (non-hydrogen) atoms. The summed E-state index contributed by atoms with van der Waals surface area (Å²) >= 11 is 0. The molecule has 1 amide bonds. The summed E-state index contributed by atoms with van der Waals surface area (Å²) in [6, 6.07) is 0.523. The summed E-state index contributed by atoms with van der Waals surface area (Å²) in [5.41, 5.74) is 0. The quantitative estimate of drug-likeness (QED) is 0.840. The van der Waals surface area contributed by atoms with Crippen molar-refractivity contribution in [2.45, 2.75) is 51.0 Å². The van der Waals surface area contributed by atoms with Crippen LogP contribution in [0.5, 0.6) is 0 Å². The van der Waals surface area contributed by atoms with Gasteiger partial charge in [-0.05, 0) is 81.2 Å². The third-order valence-electron chi connectivity index (χ3n) is 6.19. The first kappa shape index (κ1) is 14.6. The van der Waals surface area contributed by atoms with E-state index in [0.717, 1.165) is 43.2 Å².